The topological polar surface area (TPSA) is 20.3 Å². The minimum atomic E-state index is 0. The Morgan fingerprint density at radius 1 is 1.30 bits per heavy atom. The molecule has 0 aromatic carbocycles. The van der Waals surface area contributed by atoms with Gasteiger partial charge in [0.1, 0.15) is 0 Å². The van der Waals surface area contributed by atoms with Gasteiger partial charge in [-0.05, 0) is 7.05 Å². The van der Waals surface area contributed by atoms with Crippen LogP contribution >= 0.6 is 0 Å². The number of hydrogen-bond donors (Lipinski definition) is 0. The third kappa shape index (κ3) is 4.37. The second-order valence-corrected chi connectivity index (χ2v) is 2.19. The van der Waals surface area contributed by atoms with Crippen molar-refractivity contribution in [3.8, 4) is 0 Å². The van der Waals surface area contributed by atoms with Gasteiger partial charge in [0.15, 0.2) is 0 Å². The summed E-state index contributed by atoms with van der Waals surface area (Å²) in [7, 11) is 1.69. The second kappa shape index (κ2) is 4.13. The molecule has 0 fully saturated rings. The van der Waals surface area contributed by atoms with Crippen LogP contribution in [0.15, 0.2) is 5.57 Å². The summed E-state index contributed by atoms with van der Waals surface area (Å²) in [5.74, 6) is 0.0104. The van der Waals surface area contributed by atoms with E-state index in [4.69, 9.17) is 0 Å². The molecule has 0 aliphatic carbocycles. The molecular weight excluding hydrogens is 381 g/mol. The molecule has 0 heterocycles. The first-order valence-corrected chi connectivity index (χ1v) is 2.85. The van der Waals surface area contributed by atoms with E-state index in [9.17, 15) is 4.79 Å². The van der Waals surface area contributed by atoms with Crippen LogP contribution in [0.2, 0.25) is 0 Å². The third-order valence-electron chi connectivity index (χ3n) is 0.864. The molecule has 0 aliphatic rings. The van der Waals surface area contributed by atoms with Gasteiger partial charge < -0.3 is 9.69 Å². The Morgan fingerprint density at radius 3 is 1.80 bits per heavy atom. The van der Waals surface area contributed by atoms with E-state index in [0.717, 1.165) is 5.57 Å². The number of nitrogens with zero attached hydrogens (tertiary/aromatic N) is 1. The monoisotopic (exact) mass is 393 g/mol. The van der Waals surface area contributed by atoms with Crippen molar-refractivity contribution in [1.29, 1.82) is 0 Å². The summed E-state index contributed by atoms with van der Waals surface area (Å²) < 4.78 is 0. The van der Waals surface area contributed by atoms with Crippen molar-refractivity contribution in [3.05, 3.63) is 11.8 Å². The molecule has 10 heavy (non-hydrogen) atoms. The molecule has 0 saturated heterocycles. The molecule has 0 aromatic heterocycles. The number of carbonyl (C=O) groups excluding carboxylic acids is 1. The molecule has 1 amide bonds. The summed E-state index contributed by atoms with van der Waals surface area (Å²) in [6.07, 6.45) is 2.84. The van der Waals surface area contributed by atoms with Crippen LogP contribution in [0, 0.1) is 6.20 Å². The van der Waals surface area contributed by atoms with E-state index in [1.54, 1.807) is 7.05 Å². The van der Waals surface area contributed by atoms with Crippen LogP contribution in [0.3, 0.4) is 0 Å². The van der Waals surface area contributed by atoms with Crippen LogP contribution < -0.4 is 0 Å². The zero-order chi connectivity index (χ0) is 7.44. The Balaban J connectivity index is 0. The zero-order valence-corrected chi connectivity index (χ0v) is 13.5. The summed E-state index contributed by atoms with van der Waals surface area (Å²) in [6, 6.07) is 0. The minimum absolute atomic E-state index is 0. The predicted octanol–water partition coefficient (Wildman–Crippen LogP) is 1.19. The SMILES string of the molecule is CC(=O)N(C)[C-]=C(C)C.[Rf]. The number of allylic oxidation sites excluding steroid dienone is 1. The van der Waals surface area contributed by atoms with E-state index >= 15 is 0 Å². The summed E-state index contributed by atoms with van der Waals surface area (Å²) in [5.41, 5.74) is 1.01. The van der Waals surface area contributed by atoms with Crippen LogP contribution in [0.25, 0.3) is 0 Å². The van der Waals surface area contributed by atoms with Crippen LogP contribution in [0.4, 0.5) is 0 Å². The van der Waals surface area contributed by atoms with Crippen molar-refractivity contribution in [1.82, 2.24) is 4.90 Å². The van der Waals surface area contributed by atoms with Crippen LogP contribution in [0.5, 0.6) is 0 Å². The van der Waals surface area contributed by atoms with Crippen LogP contribution in [-0.4, -0.2) is 17.9 Å². The quantitative estimate of drug-likeness (QED) is 0.484. The Hall–Kier alpha value is -1.79. The predicted molar refractivity (Wildman–Crippen MR) is 36.5 cm³/mol. The maximum absolute atomic E-state index is 10.5. The molecule has 3 heteroatoms. The summed E-state index contributed by atoms with van der Waals surface area (Å²) in [5, 5.41) is 0. The molecule has 0 N–H and O–H groups in total. The first-order valence-electron chi connectivity index (χ1n) is 2.85. The van der Waals surface area contributed by atoms with E-state index in [0.29, 0.717) is 0 Å². The van der Waals surface area contributed by atoms with Crippen LogP contribution in [-0.2, 0) is 4.79 Å². The van der Waals surface area contributed by atoms with Crippen molar-refractivity contribution in [3.63, 3.8) is 0 Å². The first kappa shape index (κ1) is 11.1. The zero-order valence-electron chi connectivity index (χ0n) is 7.06. The van der Waals surface area contributed by atoms with Gasteiger partial charge in [-0.25, -0.2) is 0 Å². The van der Waals surface area contributed by atoms with Gasteiger partial charge in [0, 0.05) is 0 Å². The van der Waals surface area contributed by atoms with Crippen molar-refractivity contribution in [2.45, 2.75) is 20.8 Å². The van der Waals surface area contributed by atoms with Crippen LogP contribution in [0.1, 0.15) is 20.8 Å². The second-order valence-electron chi connectivity index (χ2n) is 2.19. The van der Waals surface area contributed by atoms with Crippen molar-refractivity contribution < 1.29 is 4.79 Å². The third-order valence-corrected chi connectivity index (χ3v) is 0.864. The first-order chi connectivity index (χ1) is 4.04. The van der Waals surface area contributed by atoms with Gasteiger partial charge in [0.05, 0.1) is 5.91 Å². The van der Waals surface area contributed by atoms with Gasteiger partial charge >= 0.3 is 0 Å². The molecule has 0 rings (SSSR count). The molecule has 54 valence electrons. The maximum atomic E-state index is 10.5. The van der Waals surface area contributed by atoms with E-state index in [2.05, 4.69) is 6.20 Å². The molecular formula is C7H12NORf-. The van der Waals surface area contributed by atoms with Gasteiger partial charge in [-0.1, -0.05) is 20.8 Å². The van der Waals surface area contributed by atoms with E-state index in [-0.39, 0.29) is 5.91 Å². The number of amides is 1. The van der Waals surface area contributed by atoms with Gasteiger partial charge in [0.25, 0.3) is 0 Å². The fourth-order valence-electron chi connectivity index (χ4n) is 0.414. The normalized spacial score (nSPS) is 7.60. The number of rotatable bonds is 1. The fraction of sp³-hybridized carbons (Fsp3) is 0.571. The Kier molecular flexibility index (Phi) is 4.57. The van der Waals surface area contributed by atoms with E-state index in [1.165, 1.54) is 11.8 Å². The molecule has 0 atom stereocenters. The molecule has 0 aromatic rings. The smallest absolute Gasteiger partial charge is 0.0673 e. The van der Waals surface area contributed by atoms with E-state index in [1.807, 2.05) is 13.8 Å². The molecule has 0 bridgehead atoms. The number of hydrogen-bond acceptors (Lipinski definition) is 1. The molecule has 0 spiro atoms. The van der Waals surface area contributed by atoms with Gasteiger partial charge in [0.2, 0.25) is 0 Å². The largest absolute Gasteiger partial charge is 0.486 e. The summed E-state index contributed by atoms with van der Waals surface area (Å²) >= 11 is 0. The average molecular weight is 393 g/mol. The minimum Gasteiger partial charge on any atom is -0.486 e. The Morgan fingerprint density at radius 2 is 1.70 bits per heavy atom. The molecule has 2 nitrogen and oxygen atoms in total. The van der Waals surface area contributed by atoms with E-state index < -0.39 is 0 Å². The molecule has 0 unspecified atom stereocenters. The van der Waals surface area contributed by atoms with Crippen molar-refractivity contribution in [2.75, 3.05) is 7.05 Å². The van der Waals surface area contributed by atoms with Crippen molar-refractivity contribution >= 4 is 5.91 Å². The van der Waals surface area contributed by atoms with Gasteiger partial charge in [-0.15, -0.1) is 0 Å². The van der Waals surface area contributed by atoms with Crippen molar-refractivity contribution in [2.24, 2.45) is 0 Å². The Labute approximate surface area is 56.2 Å². The molecule has 0 saturated carbocycles. The maximum Gasteiger partial charge on any atom is 0.0673 e. The molecule has 0 aliphatic heterocycles. The Bertz CT molecular complexity index is 139. The average Bonchev–Trinajstić information content (AvgIpc) is 1.63. The van der Waals surface area contributed by atoms with Gasteiger partial charge in [-0.2, -0.15) is 11.8 Å². The number of carbonyl (C=O) groups is 1. The fourth-order valence-corrected chi connectivity index (χ4v) is 0.414. The summed E-state index contributed by atoms with van der Waals surface area (Å²) in [6.45, 7) is 5.31. The van der Waals surface area contributed by atoms with Gasteiger partial charge in [-0.3, -0.25) is 0 Å². The standard InChI is InChI=1S/C7H12NO.Rf/c1-6(2)5-8(4)7(3)9;/h1-4H3;/q-1;. The summed E-state index contributed by atoms with van der Waals surface area (Å²) in [4.78, 5) is 12.0. The molecule has 0 radical (unpaired) electrons.